The molecule has 0 amide bonds. The van der Waals surface area contributed by atoms with Crippen molar-refractivity contribution in [2.45, 2.75) is 0 Å². The van der Waals surface area contributed by atoms with E-state index in [1.807, 2.05) is 65.6 Å². The van der Waals surface area contributed by atoms with Crippen LogP contribution in [-0.4, -0.2) is 0 Å². The first-order chi connectivity index (χ1) is 24.9. The third kappa shape index (κ3) is 4.95. The molecule has 7 heteroatoms. The third-order valence-corrected chi connectivity index (χ3v) is 10.7. The summed E-state index contributed by atoms with van der Waals surface area (Å²) in [6, 6.07) is 47.4. The summed E-state index contributed by atoms with van der Waals surface area (Å²) in [7, 11) is 0. The van der Waals surface area contributed by atoms with Gasteiger partial charge in [0.25, 0.3) is 0 Å². The maximum absolute atomic E-state index is 14.8. The van der Waals surface area contributed by atoms with Crippen LogP contribution in [0.15, 0.2) is 146 Å². The molecule has 246 valence electrons. The number of anilines is 3. The van der Waals surface area contributed by atoms with Crippen molar-refractivity contribution in [2.75, 3.05) is 4.90 Å². The maximum atomic E-state index is 14.8. The van der Waals surface area contributed by atoms with Crippen molar-refractivity contribution in [1.29, 1.82) is 0 Å². The molecule has 0 N–H and O–H groups in total. The Morgan fingerprint density at radius 2 is 0.941 bits per heavy atom. The van der Waals surface area contributed by atoms with Gasteiger partial charge in [0.05, 0.1) is 16.0 Å². The van der Waals surface area contributed by atoms with E-state index in [1.54, 1.807) is 23.5 Å². The fraction of sp³-hybridized carbons (Fsp3) is 0. The van der Waals surface area contributed by atoms with Crippen LogP contribution in [-0.2, 0) is 0 Å². The van der Waals surface area contributed by atoms with E-state index >= 15 is 0 Å². The lowest BCUT2D eigenvalue weighted by Crippen LogP contribution is -2.10. The quantitative estimate of drug-likeness (QED) is 0.0751. The second-order valence-electron chi connectivity index (χ2n) is 12.3. The van der Waals surface area contributed by atoms with E-state index in [4.69, 9.17) is 0 Å². The first-order valence-corrected chi connectivity index (χ1v) is 17.0. The zero-order valence-electron chi connectivity index (χ0n) is 26.6. The Balaban J connectivity index is 1.21. The zero-order valence-corrected chi connectivity index (χ0v) is 27.4. The highest BCUT2D eigenvalue weighted by Crippen LogP contribution is 2.46. The van der Waals surface area contributed by atoms with Crippen LogP contribution >= 0.6 is 11.3 Å². The number of hydrogen-bond donors (Lipinski definition) is 0. The fourth-order valence-electron chi connectivity index (χ4n) is 7.05. The van der Waals surface area contributed by atoms with Crippen LogP contribution in [0.2, 0.25) is 0 Å². The number of thiophene rings is 1. The second kappa shape index (κ2) is 12.1. The van der Waals surface area contributed by atoms with Crippen LogP contribution in [0.5, 0.6) is 0 Å². The minimum atomic E-state index is -2.19. The minimum absolute atomic E-state index is 0.134. The molecule has 51 heavy (non-hydrogen) atoms. The number of benzene rings is 8. The van der Waals surface area contributed by atoms with Gasteiger partial charge in [-0.1, -0.05) is 103 Å². The number of nitrogens with zero attached hydrogens (tertiary/aromatic N) is 1. The topological polar surface area (TPSA) is 3.24 Å². The first kappa shape index (κ1) is 31.0. The van der Waals surface area contributed by atoms with Crippen molar-refractivity contribution >= 4 is 70.1 Å². The molecule has 1 aromatic heterocycles. The van der Waals surface area contributed by atoms with E-state index in [0.29, 0.717) is 5.69 Å². The lowest BCUT2D eigenvalue weighted by Gasteiger charge is -2.26. The van der Waals surface area contributed by atoms with Gasteiger partial charge in [-0.2, -0.15) is 0 Å². The second-order valence-corrected chi connectivity index (χ2v) is 13.4. The molecule has 0 aliphatic rings. The molecule has 9 rings (SSSR count). The van der Waals surface area contributed by atoms with E-state index in [2.05, 4.69) is 60.7 Å². The Bertz CT molecular complexity index is 2780. The molecule has 0 aliphatic carbocycles. The average molecular weight is 694 g/mol. The zero-order chi connectivity index (χ0) is 34.8. The van der Waals surface area contributed by atoms with E-state index in [-0.39, 0.29) is 5.56 Å². The van der Waals surface area contributed by atoms with Gasteiger partial charge >= 0.3 is 0 Å². The summed E-state index contributed by atoms with van der Waals surface area (Å²) < 4.78 is 73.8. The lowest BCUT2D eigenvalue weighted by molar-refractivity contribution is 0.381. The van der Waals surface area contributed by atoms with Crippen molar-refractivity contribution in [2.24, 2.45) is 0 Å². The third-order valence-electron chi connectivity index (χ3n) is 9.45. The van der Waals surface area contributed by atoms with Gasteiger partial charge in [-0.25, -0.2) is 22.0 Å². The molecule has 1 nitrogen and oxygen atoms in total. The predicted molar refractivity (Wildman–Crippen MR) is 200 cm³/mol. The van der Waals surface area contributed by atoms with Gasteiger partial charge in [-0.05, 0) is 80.7 Å². The lowest BCUT2D eigenvalue weighted by atomic mass is 9.93. The SMILES string of the molecule is Fc1c(F)c(F)c(-c2ccc(N(c3ccc(-c4cc5ccccc5c5ccccc45)cc3)c3cccc4c3sc3ccccc34)cc2)c(F)c1F. The summed E-state index contributed by atoms with van der Waals surface area (Å²) in [5.74, 6) is -9.89. The standard InChI is InChI=1S/C44H24F5NS/c45-39-38(40(46)42(48)43(49)41(39)47)26-18-22-29(23-19-26)50(36-14-7-13-34-33-12-5-6-15-37(33)51-44(34)36)28-20-16-25(17-21-28)35-24-27-8-1-2-9-30(27)31-10-3-4-11-32(31)35/h1-24H. The number of halogens is 5. The Kier molecular flexibility index (Phi) is 7.33. The molecule has 0 fully saturated rings. The molecule has 0 saturated heterocycles. The van der Waals surface area contributed by atoms with Crippen LogP contribution in [0.1, 0.15) is 0 Å². The molecule has 0 unspecified atom stereocenters. The molecular formula is C44H24F5NS. The van der Waals surface area contributed by atoms with Gasteiger partial charge in [0.1, 0.15) is 0 Å². The smallest absolute Gasteiger partial charge is 0.200 e. The summed E-state index contributed by atoms with van der Waals surface area (Å²) in [6.07, 6.45) is 0. The van der Waals surface area contributed by atoms with Crippen molar-refractivity contribution in [3.05, 3.63) is 175 Å². The maximum Gasteiger partial charge on any atom is 0.200 e. The Labute approximate surface area is 293 Å². The van der Waals surface area contributed by atoms with Gasteiger partial charge < -0.3 is 4.90 Å². The summed E-state index contributed by atoms with van der Waals surface area (Å²) >= 11 is 1.66. The molecule has 9 aromatic rings. The van der Waals surface area contributed by atoms with E-state index in [1.165, 1.54) is 22.9 Å². The van der Waals surface area contributed by atoms with E-state index in [9.17, 15) is 22.0 Å². The van der Waals surface area contributed by atoms with Crippen molar-refractivity contribution in [1.82, 2.24) is 0 Å². The summed E-state index contributed by atoms with van der Waals surface area (Å²) in [5.41, 5.74) is 3.35. The highest BCUT2D eigenvalue weighted by Gasteiger charge is 2.27. The highest BCUT2D eigenvalue weighted by atomic mass is 32.1. The Morgan fingerprint density at radius 3 is 1.63 bits per heavy atom. The summed E-state index contributed by atoms with van der Waals surface area (Å²) in [5, 5.41) is 6.84. The van der Waals surface area contributed by atoms with Crippen LogP contribution in [0.25, 0.3) is 64.0 Å². The first-order valence-electron chi connectivity index (χ1n) is 16.2. The van der Waals surface area contributed by atoms with Gasteiger partial charge in [0.2, 0.25) is 5.82 Å². The van der Waals surface area contributed by atoms with Gasteiger partial charge in [-0.3, -0.25) is 0 Å². The van der Waals surface area contributed by atoms with Crippen molar-refractivity contribution in [3.63, 3.8) is 0 Å². The van der Waals surface area contributed by atoms with Crippen LogP contribution in [0.3, 0.4) is 0 Å². The monoisotopic (exact) mass is 693 g/mol. The summed E-state index contributed by atoms with van der Waals surface area (Å²) in [6.45, 7) is 0. The average Bonchev–Trinajstić information content (AvgIpc) is 3.57. The van der Waals surface area contributed by atoms with Crippen LogP contribution in [0.4, 0.5) is 39.0 Å². The van der Waals surface area contributed by atoms with Crippen molar-refractivity contribution in [3.8, 4) is 22.3 Å². The molecule has 0 aliphatic heterocycles. The highest BCUT2D eigenvalue weighted by molar-refractivity contribution is 7.26. The fourth-order valence-corrected chi connectivity index (χ4v) is 8.26. The molecule has 0 atom stereocenters. The normalized spacial score (nSPS) is 11.6. The van der Waals surface area contributed by atoms with E-state index in [0.717, 1.165) is 53.4 Å². The number of fused-ring (bicyclic) bond motifs is 6. The molecule has 0 spiro atoms. The Morgan fingerprint density at radius 1 is 0.412 bits per heavy atom. The predicted octanol–water partition coefficient (Wildman–Crippen LogP) is 13.9. The van der Waals surface area contributed by atoms with Crippen LogP contribution < -0.4 is 4.90 Å². The molecule has 1 heterocycles. The van der Waals surface area contributed by atoms with Gasteiger partial charge in [0.15, 0.2) is 23.3 Å². The molecule has 0 radical (unpaired) electrons. The largest absolute Gasteiger partial charge is 0.309 e. The van der Waals surface area contributed by atoms with Crippen LogP contribution in [0, 0.1) is 29.1 Å². The minimum Gasteiger partial charge on any atom is -0.309 e. The molecule has 8 aromatic carbocycles. The Hall–Kier alpha value is -6.05. The number of rotatable bonds is 5. The molecular weight excluding hydrogens is 670 g/mol. The summed E-state index contributed by atoms with van der Waals surface area (Å²) in [4.78, 5) is 2.04. The van der Waals surface area contributed by atoms with Gasteiger partial charge in [-0.15, -0.1) is 11.3 Å². The molecule has 0 bridgehead atoms. The van der Waals surface area contributed by atoms with E-state index < -0.39 is 34.6 Å². The number of hydrogen-bond acceptors (Lipinski definition) is 2. The van der Waals surface area contributed by atoms with Gasteiger partial charge in [0, 0.05) is 26.8 Å². The molecule has 0 saturated carbocycles. The van der Waals surface area contributed by atoms with Crippen molar-refractivity contribution < 1.29 is 22.0 Å².